The van der Waals surface area contributed by atoms with Gasteiger partial charge in [0, 0.05) is 0 Å². The lowest BCUT2D eigenvalue weighted by atomic mass is 10.1. The Hall–Kier alpha value is -2.37. The molecule has 130 valence electrons. The molecule has 3 rings (SSSR count). The highest BCUT2D eigenvalue weighted by atomic mass is 32.2. The Kier molecular flexibility index (Phi) is 4.07. The van der Waals surface area contributed by atoms with Gasteiger partial charge in [-0.25, -0.2) is 9.59 Å². The average Bonchev–Trinajstić information content (AvgIpc) is 3.26. The van der Waals surface area contributed by atoms with E-state index in [4.69, 9.17) is 18.8 Å². The van der Waals surface area contributed by atoms with E-state index >= 15 is 0 Å². The van der Waals surface area contributed by atoms with E-state index < -0.39 is 45.7 Å². The van der Waals surface area contributed by atoms with Gasteiger partial charge in [-0.15, -0.1) is 0 Å². The highest BCUT2D eigenvalue weighted by Gasteiger charge is 2.37. The maximum Gasteiger partial charge on any atom is 0.348 e. The van der Waals surface area contributed by atoms with E-state index in [1.54, 1.807) is 0 Å². The third-order valence-corrected chi connectivity index (χ3v) is 3.92. The smallest absolute Gasteiger partial charge is 0.348 e. The first-order valence-electron chi connectivity index (χ1n) is 6.75. The lowest BCUT2D eigenvalue weighted by Gasteiger charge is -2.09. The van der Waals surface area contributed by atoms with E-state index in [0.717, 1.165) is 6.07 Å². The van der Waals surface area contributed by atoms with E-state index in [0.29, 0.717) is 6.61 Å². The minimum absolute atomic E-state index is 0.0423. The molecule has 2 aliphatic heterocycles. The molecule has 2 bridgehead atoms. The van der Waals surface area contributed by atoms with Gasteiger partial charge in [-0.2, -0.15) is 8.42 Å². The molecular weight excluding hydrogens is 348 g/mol. The molecule has 2 N–H and O–H groups in total. The van der Waals surface area contributed by atoms with Crippen LogP contribution in [0.5, 0.6) is 17.2 Å². The number of esters is 2. The van der Waals surface area contributed by atoms with Crippen LogP contribution in [0.2, 0.25) is 0 Å². The number of carbonyl (C=O) groups excluding carboxylic acids is 2. The van der Waals surface area contributed by atoms with Gasteiger partial charge < -0.3 is 24.1 Å². The zero-order chi connectivity index (χ0) is 17.5. The SMILES string of the molecule is O=C(OCCS(=O)(=O)O)c1cc(OCC2CO2)c2c(O)c1C(=O)O2. The van der Waals surface area contributed by atoms with Gasteiger partial charge in [-0.3, -0.25) is 4.55 Å². The largest absolute Gasteiger partial charge is 0.504 e. The quantitative estimate of drug-likeness (QED) is 0.378. The molecule has 1 unspecified atom stereocenters. The lowest BCUT2D eigenvalue weighted by Crippen LogP contribution is -2.16. The lowest BCUT2D eigenvalue weighted by molar-refractivity contribution is 0.0521. The Morgan fingerprint density at radius 3 is 2.75 bits per heavy atom. The van der Waals surface area contributed by atoms with Crippen molar-refractivity contribution in [2.75, 3.05) is 25.6 Å². The second-order valence-corrected chi connectivity index (χ2v) is 6.62. The summed E-state index contributed by atoms with van der Waals surface area (Å²) in [5, 5.41) is 9.98. The highest BCUT2D eigenvalue weighted by molar-refractivity contribution is 7.85. The van der Waals surface area contributed by atoms with Crippen molar-refractivity contribution >= 4 is 22.1 Å². The number of carbonyl (C=O) groups is 2. The van der Waals surface area contributed by atoms with Gasteiger partial charge in [0.05, 0.1) is 12.2 Å². The van der Waals surface area contributed by atoms with Gasteiger partial charge in [-0.1, -0.05) is 0 Å². The van der Waals surface area contributed by atoms with Crippen molar-refractivity contribution in [3.05, 3.63) is 17.2 Å². The van der Waals surface area contributed by atoms with Gasteiger partial charge in [0.25, 0.3) is 10.1 Å². The second-order valence-electron chi connectivity index (χ2n) is 5.05. The van der Waals surface area contributed by atoms with Crippen LogP contribution in [-0.2, 0) is 19.6 Å². The minimum Gasteiger partial charge on any atom is -0.504 e. The average molecular weight is 360 g/mol. The summed E-state index contributed by atoms with van der Waals surface area (Å²) in [5.41, 5.74) is -0.724. The van der Waals surface area contributed by atoms with Crippen LogP contribution < -0.4 is 9.47 Å². The number of phenols is 1. The molecule has 0 saturated carbocycles. The van der Waals surface area contributed by atoms with Crippen molar-refractivity contribution in [2.45, 2.75) is 6.10 Å². The molecule has 0 radical (unpaired) electrons. The van der Waals surface area contributed by atoms with E-state index in [2.05, 4.69) is 4.74 Å². The first kappa shape index (κ1) is 16.5. The fourth-order valence-electron chi connectivity index (χ4n) is 2.01. The Morgan fingerprint density at radius 2 is 2.12 bits per heavy atom. The van der Waals surface area contributed by atoms with E-state index in [-0.39, 0.29) is 29.8 Å². The summed E-state index contributed by atoms with van der Waals surface area (Å²) in [6, 6.07) is 1.16. The number of fused-ring (bicyclic) bond motifs is 2. The van der Waals surface area contributed by atoms with Gasteiger partial charge in [0.1, 0.15) is 30.6 Å². The molecule has 11 heteroatoms. The molecule has 0 aromatic heterocycles. The Labute approximate surface area is 135 Å². The summed E-state index contributed by atoms with van der Waals surface area (Å²) in [4.78, 5) is 23.8. The first-order valence-corrected chi connectivity index (χ1v) is 8.36. The standard InChI is InChI=1S/C13H12O10S/c14-10-9-7(12(15)20-1-2-24(17,18)19)3-8(11(10)23-13(9)16)22-5-6-4-21-6/h3,6,14H,1-2,4-5H2,(H,17,18,19). The van der Waals surface area contributed by atoms with Crippen molar-refractivity contribution in [2.24, 2.45) is 0 Å². The molecule has 1 atom stereocenters. The zero-order valence-corrected chi connectivity index (χ0v) is 12.9. The van der Waals surface area contributed by atoms with Crippen molar-refractivity contribution < 1.29 is 46.6 Å². The fourth-order valence-corrected chi connectivity index (χ4v) is 2.30. The van der Waals surface area contributed by atoms with E-state index in [1.165, 1.54) is 0 Å². The van der Waals surface area contributed by atoms with Crippen LogP contribution in [0.25, 0.3) is 0 Å². The predicted octanol–water partition coefficient (Wildman–Crippen LogP) is -0.253. The van der Waals surface area contributed by atoms with Crippen LogP contribution in [0, 0.1) is 0 Å². The molecule has 24 heavy (non-hydrogen) atoms. The van der Waals surface area contributed by atoms with Gasteiger partial charge in [0.2, 0.25) is 5.75 Å². The van der Waals surface area contributed by atoms with Crippen molar-refractivity contribution in [3.8, 4) is 17.2 Å². The summed E-state index contributed by atoms with van der Waals surface area (Å²) in [6.45, 7) is 0.0328. The van der Waals surface area contributed by atoms with Crippen LogP contribution in [0.15, 0.2) is 6.07 Å². The number of hydrogen-bond acceptors (Lipinski definition) is 9. The highest BCUT2D eigenvalue weighted by Crippen LogP contribution is 2.47. The minimum atomic E-state index is -4.30. The third kappa shape index (κ3) is 3.42. The number of hydrogen-bond donors (Lipinski definition) is 2. The third-order valence-electron chi connectivity index (χ3n) is 3.24. The fraction of sp³-hybridized carbons (Fsp3) is 0.385. The number of epoxide rings is 1. The normalized spacial score (nSPS) is 18.2. The molecule has 2 aliphatic rings. The number of aromatic hydroxyl groups is 1. The molecule has 2 heterocycles. The molecular formula is C13H12O10S. The molecule has 1 fully saturated rings. The van der Waals surface area contributed by atoms with Crippen LogP contribution in [-0.4, -0.2) is 61.7 Å². The second kappa shape index (κ2) is 5.92. The summed E-state index contributed by atoms with van der Waals surface area (Å²) in [5.74, 6) is -3.63. The van der Waals surface area contributed by atoms with Crippen LogP contribution in [0.3, 0.4) is 0 Å². The number of benzene rings is 1. The molecule has 1 saturated heterocycles. The van der Waals surface area contributed by atoms with Gasteiger partial charge in [0.15, 0.2) is 11.5 Å². The van der Waals surface area contributed by atoms with Crippen LogP contribution in [0.4, 0.5) is 0 Å². The number of phenolic OH excluding ortho intramolecular Hbond substituents is 1. The van der Waals surface area contributed by atoms with Crippen molar-refractivity contribution in [3.63, 3.8) is 0 Å². The van der Waals surface area contributed by atoms with E-state index in [1.807, 2.05) is 0 Å². The molecule has 0 spiro atoms. The molecule has 0 amide bonds. The molecule has 0 aliphatic carbocycles. The van der Waals surface area contributed by atoms with Gasteiger partial charge in [-0.05, 0) is 6.07 Å². The molecule has 10 nitrogen and oxygen atoms in total. The Morgan fingerprint density at radius 1 is 1.42 bits per heavy atom. The van der Waals surface area contributed by atoms with Crippen molar-refractivity contribution in [1.82, 2.24) is 0 Å². The summed E-state index contributed by atoms with van der Waals surface area (Å²) in [6.07, 6.45) is -0.110. The van der Waals surface area contributed by atoms with Crippen LogP contribution in [0.1, 0.15) is 20.7 Å². The summed E-state index contributed by atoms with van der Waals surface area (Å²) < 4.78 is 49.7. The Bertz CT molecular complexity index is 809. The van der Waals surface area contributed by atoms with Gasteiger partial charge >= 0.3 is 11.9 Å². The predicted molar refractivity (Wildman–Crippen MR) is 75.0 cm³/mol. The first-order chi connectivity index (χ1) is 11.3. The maximum absolute atomic E-state index is 12.0. The Balaban J connectivity index is 1.81. The zero-order valence-electron chi connectivity index (χ0n) is 12.1. The van der Waals surface area contributed by atoms with E-state index in [9.17, 15) is 23.1 Å². The van der Waals surface area contributed by atoms with Crippen molar-refractivity contribution in [1.29, 1.82) is 0 Å². The topological polar surface area (TPSA) is 149 Å². The molecule has 1 aromatic rings. The summed E-state index contributed by atoms with van der Waals surface area (Å²) in [7, 11) is -4.30. The number of rotatable bonds is 7. The maximum atomic E-state index is 12.0. The number of ether oxygens (including phenoxy) is 4. The molecule has 1 aromatic carbocycles. The monoisotopic (exact) mass is 360 g/mol. The summed E-state index contributed by atoms with van der Waals surface area (Å²) >= 11 is 0. The van der Waals surface area contributed by atoms with Crippen LogP contribution >= 0.6 is 0 Å².